The van der Waals surface area contributed by atoms with Crippen molar-refractivity contribution in [2.24, 2.45) is 0 Å². The molecule has 0 saturated carbocycles. The minimum Gasteiger partial charge on any atom is -0.338 e. The molecule has 2 aromatic rings. The fourth-order valence-corrected chi connectivity index (χ4v) is 4.53. The number of hydrogen-bond donors (Lipinski definition) is 1. The Balaban J connectivity index is 1.45. The second-order valence-corrected chi connectivity index (χ2v) is 9.58. The smallest absolute Gasteiger partial charge is 0.253 e. The summed E-state index contributed by atoms with van der Waals surface area (Å²) in [6.45, 7) is 8.03. The number of likely N-dealkylation sites (tertiary alicyclic amines) is 1. The molecule has 0 atom stereocenters. The topological polar surface area (TPSA) is 52.7 Å². The van der Waals surface area contributed by atoms with Gasteiger partial charge in [-0.1, -0.05) is 51.1 Å². The van der Waals surface area contributed by atoms with Crippen molar-refractivity contribution in [3.05, 3.63) is 71.0 Å². The van der Waals surface area contributed by atoms with E-state index in [9.17, 15) is 14.0 Å². The SMILES string of the molecule is CC(C)(C)c1ccc(C(=O)N2CCC3(CC2)NCC(=O)N3Cc2ccccc2F)cc1. The Morgan fingerprint density at radius 2 is 1.71 bits per heavy atom. The van der Waals surface area contributed by atoms with Gasteiger partial charge in [0.25, 0.3) is 5.91 Å². The van der Waals surface area contributed by atoms with Crippen molar-refractivity contribution in [1.82, 2.24) is 15.1 Å². The van der Waals surface area contributed by atoms with Crippen LogP contribution >= 0.6 is 0 Å². The van der Waals surface area contributed by atoms with Crippen LogP contribution in [0.2, 0.25) is 0 Å². The Morgan fingerprint density at radius 1 is 1.06 bits per heavy atom. The van der Waals surface area contributed by atoms with E-state index in [0.717, 1.165) is 0 Å². The third-order valence-corrected chi connectivity index (χ3v) is 6.55. The molecule has 2 aliphatic rings. The predicted octanol–water partition coefficient (Wildman–Crippen LogP) is 3.69. The third kappa shape index (κ3) is 4.22. The Morgan fingerprint density at radius 3 is 2.32 bits per heavy atom. The lowest BCUT2D eigenvalue weighted by atomic mass is 9.86. The second kappa shape index (κ2) is 8.08. The Bertz CT molecular complexity index is 973. The molecule has 1 spiro atoms. The molecule has 2 aliphatic heterocycles. The fourth-order valence-electron chi connectivity index (χ4n) is 4.53. The summed E-state index contributed by atoms with van der Waals surface area (Å²) < 4.78 is 14.2. The first kappa shape index (κ1) is 21.5. The van der Waals surface area contributed by atoms with E-state index >= 15 is 0 Å². The van der Waals surface area contributed by atoms with Gasteiger partial charge in [0.2, 0.25) is 5.91 Å². The molecule has 5 nitrogen and oxygen atoms in total. The van der Waals surface area contributed by atoms with Gasteiger partial charge in [0.15, 0.2) is 0 Å². The van der Waals surface area contributed by atoms with Crippen molar-refractivity contribution < 1.29 is 14.0 Å². The van der Waals surface area contributed by atoms with Crippen molar-refractivity contribution in [3.63, 3.8) is 0 Å². The molecule has 31 heavy (non-hydrogen) atoms. The number of rotatable bonds is 3. The number of halogens is 1. The minimum atomic E-state index is -0.522. The van der Waals surface area contributed by atoms with Gasteiger partial charge in [0.05, 0.1) is 18.8 Å². The molecule has 1 N–H and O–H groups in total. The molecule has 0 radical (unpaired) electrons. The van der Waals surface area contributed by atoms with Crippen molar-refractivity contribution in [1.29, 1.82) is 0 Å². The van der Waals surface area contributed by atoms with Crippen LogP contribution < -0.4 is 5.32 Å². The van der Waals surface area contributed by atoms with Crippen LogP contribution in [0.15, 0.2) is 48.5 Å². The van der Waals surface area contributed by atoms with E-state index in [-0.39, 0.29) is 36.1 Å². The van der Waals surface area contributed by atoms with Crippen LogP contribution in [0.5, 0.6) is 0 Å². The van der Waals surface area contributed by atoms with Crippen molar-refractivity contribution in [2.45, 2.75) is 51.2 Å². The number of benzene rings is 2. The molecule has 2 heterocycles. The van der Waals surface area contributed by atoms with Crippen molar-refractivity contribution in [2.75, 3.05) is 19.6 Å². The van der Waals surface area contributed by atoms with Crippen LogP contribution in [0, 0.1) is 5.82 Å². The van der Waals surface area contributed by atoms with Gasteiger partial charge in [-0.3, -0.25) is 14.9 Å². The average molecular weight is 424 g/mol. The number of carbonyl (C=O) groups excluding carboxylic acids is 2. The second-order valence-electron chi connectivity index (χ2n) is 9.58. The predicted molar refractivity (Wildman–Crippen MR) is 118 cm³/mol. The Labute approximate surface area is 183 Å². The average Bonchev–Trinajstić information content (AvgIpc) is 3.04. The summed E-state index contributed by atoms with van der Waals surface area (Å²) in [4.78, 5) is 29.2. The normalized spacial score (nSPS) is 18.6. The molecule has 0 aliphatic carbocycles. The molecule has 6 heteroatoms. The summed E-state index contributed by atoms with van der Waals surface area (Å²) in [7, 11) is 0. The molecule has 2 fully saturated rings. The monoisotopic (exact) mass is 423 g/mol. The number of nitrogens with one attached hydrogen (secondary N) is 1. The molecular formula is C25H30FN3O2. The number of carbonyl (C=O) groups is 2. The maximum absolute atomic E-state index is 14.2. The molecule has 4 rings (SSSR count). The fraction of sp³-hybridized carbons (Fsp3) is 0.440. The van der Waals surface area contributed by atoms with Gasteiger partial charge in [0.1, 0.15) is 5.82 Å². The molecular weight excluding hydrogens is 393 g/mol. The maximum atomic E-state index is 14.2. The summed E-state index contributed by atoms with van der Waals surface area (Å²) in [5.41, 5.74) is 1.91. The number of piperidine rings is 1. The summed E-state index contributed by atoms with van der Waals surface area (Å²) >= 11 is 0. The first-order valence-electron chi connectivity index (χ1n) is 10.9. The van der Waals surface area contributed by atoms with E-state index in [1.165, 1.54) is 11.6 Å². The van der Waals surface area contributed by atoms with Crippen LogP contribution in [0.25, 0.3) is 0 Å². The third-order valence-electron chi connectivity index (χ3n) is 6.55. The van der Waals surface area contributed by atoms with E-state index in [1.807, 2.05) is 29.2 Å². The zero-order chi connectivity index (χ0) is 22.2. The molecule has 0 bridgehead atoms. The first-order chi connectivity index (χ1) is 14.7. The standard InChI is InChI=1S/C25H30FN3O2/c1-24(2,3)20-10-8-18(9-11-20)23(31)28-14-12-25(13-15-28)27-16-22(30)29(25)17-19-6-4-5-7-21(19)26/h4-11,27H,12-17H2,1-3H3. The van der Waals surface area contributed by atoms with E-state index in [4.69, 9.17) is 0 Å². The highest BCUT2D eigenvalue weighted by Gasteiger charge is 2.47. The molecule has 0 aromatic heterocycles. The molecule has 164 valence electrons. The van der Waals surface area contributed by atoms with E-state index < -0.39 is 5.66 Å². The lowest BCUT2D eigenvalue weighted by molar-refractivity contribution is -0.132. The number of amides is 2. The minimum absolute atomic E-state index is 0.0142. The lowest BCUT2D eigenvalue weighted by Gasteiger charge is -2.44. The zero-order valence-corrected chi connectivity index (χ0v) is 18.5. The molecule has 0 unspecified atom stereocenters. The zero-order valence-electron chi connectivity index (χ0n) is 18.5. The van der Waals surface area contributed by atoms with Gasteiger partial charge in [-0.25, -0.2) is 4.39 Å². The van der Waals surface area contributed by atoms with Crippen LogP contribution in [0.3, 0.4) is 0 Å². The number of nitrogens with zero attached hydrogens (tertiary/aromatic N) is 2. The number of hydrogen-bond acceptors (Lipinski definition) is 3. The van der Waals surface area contributed by atoms with Gasteiger partial charge in [0, 0.05) is 37.1 Å². The lowest BCUT2D eigenvalue weighted by Crippen LogP contribution is -2.59. The van der Waals surface area contributed by atoms with Gasteiger partial charge in [-0.2, -0.15) is 0 Å². The van der Waals surface area contributed by atoms with Crippen LogP contribution in [0.1, 0.15) is 55.1 Å². The van der Waals surface area contributed by atoms with Crippen molar-refractivity contribution >= 4 is 11.8 Å². The molecule has 2 aromatic carbocycles. The Kier molecular flexibility index (Phi) is 5.60. The molecule has 2 saturated heterocycles. The van der Waals surface area contributed by atoms with Crippen LogP contribution in [-0.2, 0) is 16.8 Å². The first-order valence-corrected chi connectivity index (χ1v) is 10.9. The van der Waals surface area contributed by atoms with E-state index in [0.29, 0.717) is 37.1 Å². The van der Waals surface area contributed by atoms with Gasteiger partial charge in [-0.15, -0.1) is 0 Å². The highest BCUT2D eigenvalue weighted by molar-refractivity contribution is 5.94. The van der Waals surface area contributed by atoms with Gasteiger partial charge in [-0.05, 0) is 29.2 Å². The van der Waals surface area contributed by atoms with Crippen LogP contribution in [0.4, 0.5) is 4.39 Å². The van der Waals surface area contributed by atoms with Gasteiger partial charge < -0.3 is 9.80 Å². The van der Waals surface area contributed by atoms with Crippen molar-refractivity contribution in [3.8, 4) is 0 Å². The van der Waals surface area contributed by atoms with Crippen LogP contribution in [-0.4, -0.2) is 46.9 Å². The quantitative estimate of drug-likeness (QED) is 0.819. The Hall–Kier alpha value is -2.73. The maximum Gasteiger partial charge on any atom is 0.253 e. The summed E-state index contributed by atoms with van der Waals surface area (Å²) in [6.07, 6.45) is 1.25. The molecule has 2 amide bonds. The highest BCUT2D eigenvalue weighted by Crippen LogP contribution is 2.32. The van der Waals surface area contributed by atoms with E-state index in [2.05, 4.69) is 26.1 Å². The summed E-state index contributed by atoms with van der Waals surface area (Å²) in [6, 6.07) is 14.4. The van der Waals surface area contributed by atoms with E-state index in [1.54, 1.807) is 23.1 Å². The summed E-state index contributed by atoms with van der Waals surface area (Å²) in [5.74, 6) is -0.315. The largest absolute Gasteiger partial charge is 0.338 e. The van der Waals surface area contributed by atoms with Gasteiger partial charge >= 0.3 is 0 Å². The highest BCUT2D eigenvalue weighted by atomic mass is 19.1. The summed E-state index contributed by atoms with van der Waals surface area (Å²) in [5, 5.41) is 3.35.